The Hall–Kier alpha value is -2.44. The molecule has 0 radical (unpaired) electrons. The maximum atomic E-state index is 12.3. The Morgan fingerprint density at radius 2 is 1.67 bits per heavy atom. The lowest BCUT2D eigenvalue weighted by atomic mass is 10.1. The minimum absolute atomic E-state index is 0.265. The Morgan fingerprint density at radius 3 is 2.29 bits per heavy atom. The van der Waals surface area contributed by atoms with Crippen LogP contribution in [0.1, 0.15) is 16.7 Å². The maximum absolute atomic E-state index is 12.3. The summed E-state index contributed by atoms with van der Waals surface area (Å²) in [7, 11) is -3.49. The zero-order chi connectivity index (χ0) is 17.0. The summed E-state index contributed by atoms with van der Waals surface area (Å²) in [6, 6.07) is 14.7. The van der Waals surface area contributed by atoms with E-state index < -0.39 is 10.0 Å². The summed E-state index contributed by atoms with van der Waals surface area (Å²) in [5.41, 5.74) is 3.08. The number of sulfonamides is 1. The number of nitrogens with one attached hydrogen (secondary N) is 1. The molecule has 24 heavy (non-hydrogen) atoms. The first kappa shape index (κ1) is 16.4. The van der Waals surface area contributed by atoms with Gasteiger partial charge in [0, 0.05) is 25.5 Å². The fourth-order valence-corrected chi connectivity index (χ4v) is 3.35. The second-order valence-electron chi connectivity index (χ2n) is 5.69. The van der Waals surface area contributed by atoms with Crippen LogP contribution in [-0.2, 0) is 23.1 Å². The minimum atomic E-state index is -3.49. The highest BCUT2D eigenvalue weighted by Gasteiger charge is 2.13. The fraction of sp³-hybridized carbons (Fsp3) is 0.167. The van der Waals surface area contributed by atoms with Crippen molar-refractivity contribution < 1.29 is 8.42 Å². The van der Waals surface area contributed by atoms with E-state index in [0.717, 1.165) is 23.2 Å². The molecule has 0 aliphatic heterocycles. The van der Waals surface area contributed by atoms with Crippen LogP contribution in [0.3, 0.4) is 0 Å². The van der Waals surface area contributed by atoms with E-state index in [1.165, 1.54) is 0 Å². The summed E-state index contributed by atoms with van der Waals surface area (Å²) in [4.78, 5) is 4.30. The second-order valence-corrected chi connectivity index (χ2v) is 7.46. The molecule has 0 amide bonds. The third-order valence-electron chi connectivity index (χ3n) is 3.74. The zero-order valence-corrected chi connectivity index (χ0v) is 14.2. The molecule has 1 N–H and O–H groups in total. The van der Waals surface area contributed by atoms with E-state index in [9.17, 15) is 8.42 Å². The predicted molar refractivity (Wildman–Crippen MR) is 93.0 cm³/mol. The van der Waals surface area contributed by atoms with Gasteiger partial charge in [-0.1, -0.05) is 42.0 Å². The van der Waals surface area contributed by atoms with E-state index in [1.54, 1.807) is 36.8 Å². The predicted octanol–water partition coefficient (Wildman–Crippen LogP) is 2.72. The zero-order valence-electron chi connectivity index (χ0n) is 13.4. The number of benzene rings is 2. The molecule has 0 fully saturated rings. The summed E-state index contributed by atoms with van der Waals surface area (Å²) < 4.78 is 29.2. The lowest BCUT2D eigenvalue weighted by molar-refractivity contribution is 0.581. The van der Waals surface area contributed by atoms with Crippen molar-refractivity contribution in [3.8, 4) is 0 Å². The van der Waals surface area contributed by atoms with Crippen LogP contribution in [0.15, 0.2) is 72.1 Å². The Balaban J connectivity index is 1.62. The highest BCUT2D eigenvalue weighted by molar-refractivity contribution is 7.89. The average molecular weight is 341 g/mol. The molecule has 0 aliphatic rings. The number of hydrogen-bond acceptors (Lipinski definition) is 3. The Morgan fingerprint density at radius 1 is 1.00 bits per heavy atom. The first-order chi connectivity index (χ1) is 11.5. The number of aromatic nitrogens is 2. The smallest absolute Gasteiger partial charge is 0.240 e. The summed E-state index contributed by atoms with van der Waals surface area (Å²) in [5.74, 6) is 0. The van der Waals surface area contributed by atoms with Crippen LogP contribution in [0.5, 0.6) is 0 Å². The van der Waals surface area contributed by atoms with E-state index in [1.807, 2.05) is 42.0 Å². The summed E-state index contributed by atoms with van der Waals surface area (Å²) in [5, 5.41) is 0. The molecule has 1 heterocycles. The Kier molecular flexibility index (Phi) is 4.78. The van der Waals surface area contributed by atoms with Crippen LogP contribution in [0.25, 0.3) is 0 Å². The fourth-order valence-electron chi connectivity index (χ4n) is 2.33. The Labute approximate surface area is 142 Å². The average Bonchev–Trinajstić information content (AvgIpc) is 3.08. The van der Waals surface area contributed by atoms with Gasteiger partial charge in [0.05, 0.1) is 11.2 Å². The van der Waals surface area contributed by atoms with Crippen molar-refractivity contribution >= 4 is 10.0 Å². The molecule has 0 saturated carbocycles. The van der Waals surface area contributed by atoms with E-state index in [0.29, 0.717) is 0 Å². The van der Waals surface area contributed by atoms with Gasteiger partial charge in [-0.2, -0.15) is 0 Å². The molecule has 6 heteroatoms. The van der Waals surface area contributed by atoms with Crippen LogP contribution >= 0.6 is 0 Å². The van der Waals surface area contributed by atoms with Crippen molar-refractivity contribution in [2.75, 3.05) is 0 Å². The van der Waals surface area contributed by atoms with Gasteiger partial charge in [-0.15, -0.1) is 0 Å². The van der Waals surface area contributed by atoms with Gasteiger partial charge in [0.1, 0.15) is 0 Å². The number of rotatable bonds is 6. The first-order valence-corrected chi connectivity index (χ1v) is 9.11. The third-order valence-corrected chi connectivity index (χ3v) is 5.16. The number of hydrogen-bond donors (Lipinski definition) is 1. The van der Waals surface area contributed by atoms with Crippen molar-refractivity contribution in [2.45, 2.75) is 24.9 Å². The molecular formula is C18H19N3O2S. The number of imidazole rings is 1. The van der Waals surface area contributed by atoms with Gasteiger partial charge >= 0.3 is 0 Å². The van der Waals surface area contributed by atoms with Crippen LogP contribution in [0.4, 0.5) is 0 Å². The lowest BCUT2D eigenvalue weighted by Gasteiger charge is -2.08. The van der Waals surface area contributed by atoms with Crippen molar-refractivity contribution in [3.05, 3.63) is 83.9 Å². The maximum Gasteiger partial charge on any atom is 0.240 e. The van der Waals surface area contributed by atoms with Crippen LogP contribution in [0.2, 0.25) is 0 Å². The topological polar surface area (TPSA) is 64.0 Å². The normalized spacial score (nSPS) is 11.5. The highest BCUT2D eigenvalue weighted by atomic mass is 32.2. The SMILES string of the molecule is Cc1ccc(S(=O)(=O)NCc2ccc(Cn3ccnc3)cc2)cc1. The van der Waals surface area contributed by atoms with Gasteiger partial charge in [0.2, 0.25) is 10.0 Å². The minimum Gasteiger partial charge on any atom is -0.333 e. The van der Waals surface area contributed by atoms with Crippen molar-refractivity contribution in [3.63, 3.8) is 0 Å². The summed E-state index contributed by atoms with van der Waals surface area (Å²) in [6.45, 7) is 2.94. The molecule has 0 atom stereocenters. The van der Waals surface area contributed by atoms with Gasteiger partial charge in [0.25, 0.3) is 0 Å². The van der Waals surface area contributed by atoms with Gasteiger partial charge in [-0.3, -0.25) is 0 Å². The molecule has 0 aliphatic carbocycles. The molecule has 3 aromatic rings. The van der Waals surface area contributed by atoms with Gasteiger partial charge in [-0.25, -0.2) is 18.1 Å². The molecular weight excluding hydrogens is 322 g/mol. The third kappa shape index (κ3) is 4.10. The number of aryl methyl sites for hydroxylation is 1. The molecule has 0 spiro atoms. The molecule has 2 aromatic carbocycles. The molecule has 0 saturated heterocycles. The van der Waals surface area contributed by atoms with E-state index in [-0.39, 0.29) is 11.4 Å². The molecule has 0 unspecified atom stereocenters. The van der Waals surface area contributed by atoms with E-state index >= 15 is 0 Å². The van der Waals surface area contributed by atoms with Crippen LogP contribution in [-0.4, -0.2) is 18.0 Å². The first-order valence-electron chi connectivity index (χ1n) is 7.63. The van der Waals surface area contributed by atoms with Crippen molar-refractivity contribution in [1.82, 2.24) is 14.3 Å². The summed E-state index contributed by atoms with van der Waals surface area (Å²) >= 11 is 0. The monoisotopic (exact) mass is 341 g/mol. The molecule has 124 valence electrons. The highest BCUT2D eigenvalue weighted by Crippen LogP contribution is 2.11. The van der Waals surface area contributed by atoms with Gasteiger partial charge in [0.15, 0.2) is 0 Å². The van der Waals surface area contributed by atoms with E-state index in [2.05, 4.69) is 9.71 Å². The summed E-state index contributed by atoms with van der Waals surface area (Å²) in [6.07, 6.45) is 5.42. The van der Waals surface area contributed by atoms with Crippen molar-refractivity contribution in [1.29, 1.82) is 0 Å². The van der Waals surface area contributed by atoms with Crippen LogP contribution in [0, 0.1) is 6.92 Å². The number of nitrogens with zero attached hydrogens (tertiary/aromatic N) is 2. The largest absolute Gasteiger partial charge is 0.333 e. The Bertz CT molecular complexity index is 884. The molecule has 1 aromatic heterocycles. The molecule has 0 bridgehead atoms. The second kappa shape index (κ2) is 6.98. The quantitative estimate of drug-likeness (QED) is 0.750. The lowest BCUT2D eigenvalue weighted by Crippen LogP contribution is -2.23. The standard InChI is InChI=1S/C18H19N3O2S/c1-15-2-8-18(9-3-15)24(22,23)20-12-16-4-6-17(7-5-16)13-21-11-10-19-14-21/h2-11,14,20H,12-13H2,1H3. The van der Waals surface area contributed by atoms with Crippen molar-refractivity contribution in [2.24, 2.45) is 0 Å². The molecule has 3 rings (SSSR count). The van der Waals surface area contributed by atoms with Crippen LogP contribution < -0.4 is 4.72 Å². The molecule has 5 nitrogen and oxygen atoms in total. The van der Waals surface area contributed by atoms with Gasteiger partial charge in [-0.05, 0) is 30.2 Å². The van der Waals surface area contributed by atoms with Gasteiger partial charge < -0.3 is 4.57 Å². The van der Waals surface area contributed by atoms with E-state index in [4.69, 9.17) is 0 Å².